The SMILES string of the molecule is CCCCCOc1ccc(C(C)NC(=O)C(=O)Nc2cccc3ncccc23)cc1OC. The quantitative estimate of drug-likeness (QED) is 0.378. The van der Waals surface area contributed by atoms with Gasteiger partial charge in [0.2, 0.25) is 0 Å². The van der Waals surface area contributed by atoms with Crippen LogP contribution in [0.4, 0.5) is 5.69 Å². The molecule has 0 spiro atoms. The first kappa shape index (κ1) is 23.1. The van der Waals surface area contributed by atoms with Crippen LogP contribution in [0.3, 0.4) is 0 Å². The highest BCUT2D eigenvalue weighted by Gasteiger charge is 2.19. The van der Waals surface area contributed by atoms with Gasteiger partial charge in [-0.2, -0.15) is 0 Å². The summed E-state index contributed by atoms with van der Waals surface area (Å²) in [7, 11) is 1.58. The molecule has 7 heteroatoms. The van der Waals surface area contributed by atoms with Crippen LogP contribution in [0, 0.1) is 0 Å². The Bertz CT molecular complexity index is 1080. The molecule has 0 saturated carbocycles. The van der Waals surface area contributed by atoms with Crippen LogP contribution in [-0.4, -0.2) is 30.5 Å². The summed E-state index contributed by atoms with van der Waals surface area (Å²) in [6.07, 6.45) is 4.90. The Morgan fingerprint density at radius 3 is 2.66 bits per heavy atom. The van der Waals surface area contributed by atoms with E-state index in [1.54, 1.807) is 31.5 Å². The zero-order valence-electron chi connectivity index (χ0n) is 18.7. The number of aromatic nitrogens is 1. The summed E-state index contributed by atoms with van der Waals surface area (Å²) in [6, 6.07) is 14.1. The zero-order valence-corrected chi connectivity index (χ0v) is 18.7. The van der Waals surface area contributed by atoms with Crippen LogP contribution in [0.2, 0.25) is 0 Å². The summed E-state index contributed by atoms with van der Waals surface area (Å²) < 4.78 is 11.2. The molecule has 0 saturated heterocycles. The molecular formula is C25H29N3O4. The Kier molecular flexibility index (Phi) is 8.02. The van der Waals surface area contributed by atoms with Crippen molar-refractivity contribution in [1.82, 2.24) is 10.3 Å². The van der Waals surface area contributed by atoms with E-state index in [4.69, 9.17) is 9.47 Å². The van der Waals surface area contributed by atoms with Gasteiger partial charge in [-0.05, 0) is 55.3 Å². The summed E-state index contributed by atoms with van der Waals surface area (Å²) in [5.74, 6) is -0.214. The predicted octanol–water partition coefficient (Wildman–Crippen LogP) is 4.63. The molecule has 0 aliphatic heterocycles. The molecule has 3 aromatic rings. The third-order valence-electron chi connectivity index (χ3n) is 5.14. The number of amides is 2. The van der Waals surface area contributed by atoms with E-state index in [1.165, 1.54) is 0 Å². The lowest BCUT2D eigenvalue weighted by atomic mass is 10.1. The Labute approximate surface area is 188 Å². The minimum absolute atomic E-state index is 0.398. The van der Waals surface area contributed by atoms with E-state index in [1.807, 2.05) is 37.3 Å². The average molecular weight is 436 g/mol. The molecule has 7 nitrogen and oxygen atoms in total. The van der Waals surface area contributed by atoms with Gasteiger partial charge in [0.05, 0.1) is 31.0 Å². The van der Waals surface area contributed by atoms with E-state index in [0.717, 1.165) is 35.7 Å². The van der Waals surface area contributed by atoms with Crippen molar-refractivity contribution >= 4 is 28.4 Å². The van der Waals surface area contributed by atoms with Crippen molar-refractivity contribution in [2.24, 2.45) is 0 Å². The lowest BCUT2D eigenvalue weighted by Gasteiger charge is -2.17. The van der Waals surface area contributed by atoms with Crippen LogP contribution in [0.15, 0.2) is 54.7 Å². The molecule has 0 fully saturated rings. The summed E-state index contributed by atoms with van der Waals surface area (Å²) in [4.78, 5) is 29.2. The standard InChI is InChI=1S/C25H29N3O4/c1-4-5-6-15-32-22-13-12-18(16-23(22)31-3)17(2)27-24(29)25(30)28-21-11-7-10-20-19(21)9-8-14-26-20/h7-14,16-17H,4-6,15H2,1-3H3,(H,27,29)(H,28,30). The summed E-state index contributed by atoms with van der Waals surface area (Å²) in [5, 5.41) is 6.17. The zero-order chi connectivity index (χ0) is 22.9. The van der Waals surface area contributed by atoms with Crippen molar-refractivity contribution in [2.75, 3.05) is 19.0 Å². The second-order valence-corrected chi connectivity index (χ2v) is 7.49. The second-order valence-electron chi connectivity index (χ2n) is 7.49. The second kappa shape index (κ2) is 11.1. The summed E-state index contributed by atoms with van der Waals surface area (Å²) in [5.41, 5.74) is 2.08. The number of carbonyl (C=O) groups is 2. The van der Waals surface area contributed by atoms with Crippen molar-refractivity contribution in [3.8, 4) is 11.5 Å². The van der Waals surface area contributed by atoms with E-state index < -0.39 is 17.9 Å². The number of nitrogens with one attached hydrogen (secondary N) is 2. The number of unbranched alkanes of at least 4 members (excludes halogenated alkanes) is 2. The summed E-state index contributed by atoms with van der Waals surface area (Å²) in [6.45, 7) is 4.58. The number of methoxy groups -OCH3 is 1. The number of hydrogen-bond donors (Lipinski definition) is 2. The fraction of sp³-hybridized carbons (Fsp3) is 0.320. The molecular weight excluding hydrogens is 406 g/mol. The molecule has 1 atom stereocenters. The number of ether oxygens (including phenoxy) is 2. The topological polar surface area (TPSA) is 89.5 Å². The molecule has 0 bridgehead atoms. The van der Waals surface area contributed by atoms with Gasteiger partial charge < -0.3 is 20.1 Å². The third-order valence-corrected chi connectivity index (χ3v) is 5.14. The molecule has 3 rings (SSSR count). The van der Waals surface area contributed by atoms with Crippen LogP contribution < -0.4 is 20.1 Å². The Hall–Kier alpha value is -3.61. The van der Waals surface area contributed by atoms with E-state index in [9.17, 15) is 9.59 Å². The number of nitrogens with zero attached hydrogens (tertiary/aromatic N) is 1. The number of carbonyl (C=O) groups excluding carboxylic acids is 2. The fourth-order valence-corrected chi connectivity index (χ4v) is 3.34. The molecule has 0 aliphatic rings. The molecule has 0 aliphatic carbocycles. The van der Waals surface area contributed by atoms with Gasteiger partial charge in [0.25, 0.3) is 0 Å². The molecule has 1 unspecified atom stereocenters. The Balaban J connectivity index is 1.63. The maximum Gasteiger partial charge on any atom is 0.313 e. The first-order valence-corrected chi connectivity index (χ1v) is 10.8. The van der Waals surface area contributed by atoms with Crippen LogP contribution in [0.5, 0.6) is 11.5 Å². The maximum absolute atomic E-state index is 12.5. The van der Waals surface area contributed by atoms with Gasteiger partial charge in [0, 0.05) is 11.6 Å². The average Bonchev–Trinajstić information content (AvgIpc) is 2.82. The van der Waals surface area contributed by atoms with E-state index in [0.29, 0.717) is 23.8 Å². The van der Waals surface area contributed by atoms with Gasteiger partial charge in [0.1, 0.15) is 0 Å². The molecule has 2 amide bonds. The first-order valence-electron chi connectivity index (χ1n) is 10.8. The van der Waals surface area contributed by atoms with Crippen molar-refractivity contribution < 1.29 is 19.1 Å². The predicted molar refractivity (Wildman–Crippen MR) is 125 cm³/mol. The van der Waals surface area contributed by atoms with Gasteiger partial charge in [-0.25, -0.2) is 0 Å². The number of benzene rings is 2. The van der Waals surface area contributed by atoms with Gasteiger partial charge >= 0.3 is 11.8 Å². The van der Waals surface area contributed by atoms with Crippen molar-refractivity contribution in [3.05, 3.63) is 60.3 Å². The molecule has 1 heterocycles. The number of anilines is 1. The molecule has 168 valence electrons. The largest absolute Gasteiger partial charge is 0.493 e. The molecule has 2 aromatic carbocycles. The van der Waals surface area contributed by atoms with Crippen molar-refractivity contribution in [2.45, 2.75) is 39.2 Å². The third kappa shape index (κ3) is 5.75. The first-order chi connectivity index (χ1) is 15.5. The smallest absolute Gasteiger partial charge is 0.313 e. The molecule has 1 aromatic heterocycles. The normalized spacial score (nSPS) is 11.6. The lowest BCUT2D eigenvalue weighted by Crippen LogP contribution is -2.36. The van der Waals surface area contributed by atoms with E-state index in [-0.39, 0.29) is 0 Å². The fourth-order valence-electron chi connectivity index (χ4n) is 3.34. The van der Waals surface area contributed by atoms with Crippen LogP contribution >= 0.6 is 0 Å². The highest BCUT2D eigenvalue weighted by atomic mass is 16.5. The van der Waals surface area contributed by atoms with Gasteiger partial charge in [0.15, 0.2) is 11.5 Å². The van der Waals surface area contributed by atoms with E-state index in [2.05, 4.69) is 22.5 Å². The molecule has 2 N–H and O–H groups in total. The maximum atomic E-state index is 12.5. The van der Waals surface area contributed by atoms with Crippen LogP contribution in [0.25, 0.3) is 10.9 Å². The van der Waals surface area contributed by atoms with E-state index >= 15 is 0 Å². The highest BCUT2D eigenvalue weighted by molar-refractivity contribution is 6.40. The Morgan fingerprint density at radius 2 is 1.88 bits per heavy atom. The minimum Gasteiger partial charge on any atom is -0.493 e. The Morgan fingerprint density at radius 1 is 1.03 bits per heavy atom. The number of fused-ring (bicyclic) bond motifs is 1. The van der Waals surface area contributed by atoms with Crippen LogP contribution in [-0.2, 0) is 9.59 Å². The van der Waals surface area contributed by atoms with Crippen LogP contribution in [0.1, 0.15) is 44.7 Å². The molecule has 32 heavy (non-hydrogen) atoms. The lowest BCUT2D eigenvalue weighted by molar-refractivity contribution is -0.136. The van der Waals surface area contributed by atoms with Crippen molar-refractivity contribution in [1.29, 1.82) is 0 Å². The van der Waals surface area contributed by atoms with Gasteiger partial charge in [-0.1, -0.05) is 31.9 Å². The number of pyridine rings is 1. The van der Waals surface area contributed by atoms with Gasteiger partial charge in [-0.3, -0.25) is 14.6 Å². The number of hydrogen-bond acceptors (Lipinski definition) is 5. The monoisotopic (exact) mass is 435 g/mol. The van der Waals surface area contributed by atoms with Gasteiger partial charge in [-0.15, -0.1) is 0 Å². The minimum atomic E-state index is -0.740. The van der Waals surface area contributed by atoms with Crippen molar-refractivity contribution in [3.63, 3.8) is 0 Å². The number of rotatable bonds is 9. The summed E-state index contributed by atoms with van der Waals surface area (Å²) >= 11 is 0. The highest BCUT2D eigenvalue weighted by Crippen LogP contribution is 2.30. The molecule has 0 radical (unpaired) electrons.